The van der Waals surface area contributed by atoms with Gasteiger partial charge in [0.25, 0.3) is 5.91 Å². The summed E-state index contributed by atoms with van der Waals surface area (Å²) in [6.45, 7) is 1.92. The summed E-state index contributed by atoms with van der Waals surface area (Å²) >= 11 is 2.37. The molecule has 0 saturated heterocycles. The van der Waals surface area contributed by atoms with Gasteiger partial charge in [-0.25, -0.2) is 9.78 Å². The zero-order valence-corrected chi connectivity index (χ0v) is 25.2. The molecule has 0 bridgehead atoms. The number of ether oxygens (including phenoxy) is 1. The number of aromatic nitrogens is 5. The zero-order valence-electron chi connectivity index (χ0n) is 23.0. The molecule has 16 heteroatoms. The number of carbonyl (C=O) groups excluding carboxylic acids is 5. The van der Waals surface area contributed by atoms with Gasteiger partial charge in [-0.15, -0.1) is 0 Å². The van der Waals surface area contributed by atoms with Gasteiger partial charge in [0.2, 0.25) is 11.7 Å². The number of anilines is 3. The quantitative estimate of drug-likeness (QED) is 0.149. The van der Waals surface area contributed by atoms with E-state index in [4.69, 9.17) is 4.74 Å². The van der Waals surface area contributed by atoms with E-state index in [1.54, 1.807) is 40.5 Å². The Kier molecular flexibility index (Phi) is 11.0. The van der Waals surface area contributed by atoms with Crippen molar-refractivity contribution in [3.63, 3.8) is 0 Å². The van der Waals surface area contributed by atoms with Gasteiger partial charge < -0.3 is 24.5 Å². The van der Waals surface area contributed by atoms with Gasteiger partial charge in [0.1, 0.15) is 5.69 Å². The Morgan fingerprint density at radius 2 is 1.44 bits per heavy atom. The van der Waals surface area contributed by atoms with Crippen LogP contribution in [0.15, 0.2) is 24.7 Å². The summed E-state index contributed by atoms with van der Waals surface area (Å²) in [5, 5.41) is 10.6. The van der Waals surface area contributed by atoms with Crippen LogP contribution in [0.5, 0.6) is 0 Å². The number of imidazole rings is 2. The molecule has 0 aliphatic heterocycles. The third kappa shape index (κ3) is 8.64. The summed E-state index contributed by atoms with van der Waals surface area (Å²) in [7, 11) is 4.88. The molecule has 3 heterocycles. The number of carbonyl (C=O) groups is 5. The summed E-state index contributed by atoms with van der Waals surface area (Å²) < 4.78 is 10.2. The number of esters is 1. The maximum atomic E-state index is 12.8. The van der Waals surface area contributed by atoms with Gasteiger partial charge in [0.05, 0.1) is 6.61 Å². The number of amides is 4. The SMILES string of the molecule is CCOC(=O)c1nc(NC(=O)CCNC(=O)c2cc(NC(=O)c3nc(NC(=O)CC[CH2][Au])cn3C)cn2C)cn1C. The van der Waals surface area contributed by atoms with E-state index < -0.39 is 23.7 Å². The third-order valence-corrected chi connectivity index (χ3v) is 6.36. The van der Waals surface area contributed by atoms with E-state index in [1.807, 2.05) is 0 Å². The molecule has 3 aromatic rings. The number of hydrogen-bond donors (Lipinski definition) is 4. The van der Waals surface area contributed by atoms with Gasteiger partial charge in [0.15, 0.2) is 5.82 Å². The van der Waals surface area contributed by atoms with Crippen LogP contribution in [-0.2, 0) is 56.5 Å². The van der Waals surface area contributed by atoms with Crippen LogP contribution in [0.4, 0.5) is 17.3 Å². The van der Waals surface area contributed by atoms with Crippen molar-refractivity contribution in [2.24, 2.45) is 21.1 Å². The molecule has 0 spiro atoms. The van der Waals surface area contributed by atoms with Gasteiger partial charge in [-0.1, -0.05) is 0 Å². The number of aryl methyl sites for hydroxylation is 3. The molecule has 0 aliphatic rings. The van der Waals surface area contributed by atoms with Crippen LogP contribution in [0, 0.1) is 0 Å². The average molecular weight is 752 g/mol. The first-order chi connectivity index (χ1) is 19.5. The van der Waals surface area contributed by atoms with Crippen molar-refractivity contribution >= 4 is 46.9 Å². The van der Waals surface area contributed by atoms with Crippen molar-refractivity contribution in [3.05, 3.63) is 42.0 Å². The van der Waals surface area contributed by atoms with E-state index >= 15 is 0 Å². The summed E-state index contributed by atoms with van der Waals surface area (Å²) in [5.41, 5.74) is 0.620. The standard InChI is InChI=1S/C25H32N9O6.Au/c1-6-8-19(35)28-17-13-33(4)21(30-17)24(38)27-15-11-16(32(3)12-15)23(37)26-10-9-20(36)29-18-14-34(5)22(31-18)25(39)40-7-2;/h11-14H,1,6-10H2,2-5H3,(H,26,37)(H,27,38)(H,28,35)(H,29,36);. The van der Waals surface area contributed by atoms with E-state index in [0.717, 1.165) is 11.1 Å². The first kappa shape index (κ1) is 31.3. The Morgan fingerprint density at radius 3 is 2.07 bits per heavy atom. The topological polar surface area (TPSA) is 183 Å². The normalized spacial score (nSPS) is 10.7. The van der Waals surface area contributed by atoms with Gasteiger partial charge in [-0.3, -0.25) is 9.59 Å². The van der Waals surface area contributed by atoms with Gasteiger partial charge in [-0.05, 0) is 6.92 Å². The number of nitrogens with one attached hydrogen (secondary N) is 4. The smallest absolute Gasteiger partial charge is 0.344 e. The molecule has 3 rings (SSSR count). The molecule has 0 aromatic carbocycles. The van der Waals surface area contributed by atoms with Gasteiger partial charge in [0, 0.05) is 33.3 Å². The molecule has 0 atom stereocenters. The molecule has 4 N–H and O–H groups in total. The molecule has 0 fully saturated rings. The van der Waals surface area contributed by atoms with E-state index in [0.29, 0.717) is 12.1 Å². The number of rotatable bonds is 13. The predicted octanol–water partition coefficient (Wildman–Crippen LogP) is 1.36. The number of nitrogens with zero attached hydrogens (tertiary/aromatic N) is 5. The average Bonchev–Trinajstić information content (AvgIpc) is 3.58. The van der Waals surface area contributed by atoms with Crippen LogP contribution in [0.25, 0.3) is 0 Å². The van der Waals surface area contributed by atoms with Crippen molar-refractivity contribution in [2.75, 3.05) is 29.1 Å². The van der Waals surface area contributed by atoms with E-state index in [-0.39, 0.29) is 54.5 Å². The van der Waals surface area contributed by atoms with Crippen LogP contribution in [0.1, 0.15) is 57.9 Å². The summed E-state index contributed by atoms with van der Waals surface area (Å²) in [5.74, 6) is -1.56. The first-order valence-corrected chi connectivity index (χ1v) is 14.2. The van der Waals surface area contributed by atoms with Gasteiger partial charge in [-0.2, -0.15) is 0 Å². The molecule has 0 aliphatic carbocycles. The van der Waals surface area contributed by atoms with Crippen LogP contribution in [-0.4, -0.2) is 66.4 Å². The third-order valence-electron chi connectivity index (χ3n) is 5.59. The molecule has 0 radical (unpaired) electrons. The molecular formula is C25H32AuN9O6. The summed E-state index contributed by atoms with van der Waals surface area (Å²) in [6, 6.07) is 1.49. The fourth-order valence-electron chi connectivity index (χ4n) is 3.70. The molecule has 0 saturated carbocycles. The molecule has 224 valence electrons. The molecule has 3 aromatic heterocycles. The van der Waals surface area contributed by atoms with Crippen LogP contribution < -0.4 is 21.3 Å². The van der Waals surface area contributed by atoms with E-state index in [1.165, 1.54) is 26.0 Å². The van der Waals surface area contributed by atoms with Crippen molar-refractivity contribution in [1.82, 2.24) is 29.0 Å². The Labute approximate surface area is 248 Å². The Balaban J connectivity index is 1.51. The Bertz CT molecular complexity index is 1440. The summed E-state index contributed by atoms with van der Waals surface area (Å²) in [4.78, 5) is 69.9. The second-order valence-electron chi connectivity index (χ2n) is 8.88. The van der Waals surface area contributed by atoms with E-state index in [9.17, 15) is 24.0 Å². The van der Waals surface area contributed by atoms with Crippen molar-refractivity contribution in [1.29, 1.82) is 0 Å². The Morgan fingerprint density at radius 1 is 0.829 bits per heavy atom. The minimum atomic E-state index is -0.601. The van der Waals surface area contributed by atoms with Crippen molar-refractivity contribution in [3.8, 4) is 0 Å². The predicted molar refractivity (Wildman–Crippen MR) is 144 cm³/mol. The second kappa shape index (κ2) is 14.4. The molecular weight excluding hydrogens is 719 g/mol. The maximum absolute atomic E-state index is 12.8. The Hall–Kier alpha value is -4.21. The van der Waals surface area contributed by atoms with E-state index in [2.05, 4.69) is 52.3 Å². The van der Waals surface area contributed by atoms with Gasteiger partial charge >= 0.3 is 129 Å². The molecule has 41 heavy (non-hydrogen) atoms. The fraction of sp³-hybridized carbons (Fsp3) is 0.400. The second-order valence-corrected chi connectivity index (χ2v) is 9.96. The molecule has 15 nitrogen and oxygen atoms in total. The van der Waals surface area contributed by atoms with Crippen molar-refractivity contribution < 1.29 is 49.8 Å². The number of hydrogen-bond acceptors (Lipinski definition) is 8. The molecule has 0 unspecified atom stereocenters. The van der Waals surface area contributed by atoms with Crippen LogP contribution in [0.2, 0.25) is 4.64 Å². The summed E-state index contributed by atoms with van der Waals surface area (Å²) in [6.07, 6.45) is 5.64. The minimum absolute atomic E-state index is 0.0361. The molecule has 4 amide bonds. The minimum Gasteiger partial charge on any atom is -0.344 e. The van der Waals surface area contributed by atoms with Crippen molar-refractivity contribution in [2.45, 2.75) is 30.8 Å². The van der Waals surface area contributed by atoms with Crippen LogP contribution in [0.3, 0.4) is 0 Å². The monoisotopic (exact) mass is 751 g/mol. The van der Waals surface area contributed by atoms with Crippen LogP contribution >= 0.6 is 0 Å². The zero-order chi connectivity index (χ0) is 30.1. The fourth-order valence-corrected chi connectivity index (χ4v) is 4.08. The first-order valence-electron chi connectivity index (χ1n) is 12.6.